The van der Waals surface area contributed by atoms with Gasteiger partial charge in [0.2, 0.25) is 0 Å². The summed E-state index contributed by atoms with van der Waals surface area (Å²) in [6.45, 7) is 11.5. The molecule has 1 rings (SSSR count). The third-order valence-corrected chi connectivity index (χ3v) is 2.00. The normalized spacial score (nSPS) is 11.9. The van der Waals surface area contributed by atoms with Crippen molar-refractivity contribution in [3.63, 3.8) is 0 Å². The van der Waals surface area contributed by atoms with Gasteiger partial charge in [0.25, 0.3) is 0 Å². The van der Waals surface area contributed by atoms with E-state index in [4.69, 9.17) is 0 Å². The van der Waals surface area contributed by atoms with E-state index in [1.807, 2.05) is 18.2 Å². The van der Waals surface area contributed by atoms with Gasteiger partial charge in [-0.15, -0.1) is 0 Å². The lowest BCUT2D eigenvalue weighted by Gasteiger charge is -2.21. The van der Waals surface area contributed by atoms with Crippen LogP contribution in [0.15, 0.2) is 18.2 Å². The first-order valence-corrected chi connectivity index (χ1v) is 5.84. The van der Waals surface area contributed by atoms with E-state index in [1.54, 1.807) is 0 Å². The van der Waals surface area contributed by atoms with Gasteiger partial charge in [-0.25, -0.2) is 4.98 Å². The van der Waals surface area contributed by atoms with Crippen LogP contribution in [0.25, 0.3) is 0 Å². The molecular weight excluding hydrogens is 198 g/mol. The van der Waals surface area contributed by atoms with E-state index < -0.39 is 0 Å². The van der Waals surface area contributed by atoms with Gasteiger partial charge in [0, 0.05) is 18.1 Å². The van der Waals surface area contributed by atoms with Crippen LogP contribution in [0.1, 0.15) is 40.3 Å². The maximum atomic E-state index is 4.56. The fourth-order valence-electron chi connectivity index (χ4n) is 1.34. The molecule has 0 amide bonds. The summed E-state index contributed by atoms with van der Waals surface area (Å²) in [5, 5.41) is 6.73. The van der Waals surface area contributed by atoms with E-state index in [1.165, 1.54) is 0 Å². The van der Waals surface area contributed by atoms with E-state index in [0.717, 1.165) is 18.1 Å². The summed E-state index contributed by atoms with van der Waals surface area (Å²) < 4.78 is 0. The van der Waals surface area contributed by atoms with E-state index in [0.29, 0.717) is 6.04 Å². The van der Waals surface area contributed by atoms with Gasteiger partial charge in [0.15, 0.2) is 0 Å². The molecule has 90 valence electrons. The predicted molar refractivity (Wildman–Crippen MR) is 69.6 cm³/mol. The number of nitrogens with one attached hydrogen (secondary N) is 2. The Bertz CT molecular complexity index is 326. The number of aromatic nitrogens is 1. The molecular formula is C13H23N3. The van der Waals surface area contributed by atoms with Gasteiger partial charge in [0.1, 0.15) is 5.82 Å². The molecule has 0 bridgehead atoms. The summed E-state index contributed by atoms with van der Waals surface area (Å²) in [5.74, 6) is 0.940. The lowest BCUT2D eigenvalue weighted by atomic mass is 10.1. The predicted octanol–water partition coefficient (Wildman–Crippen LogP) is 2.79. The summed E-state index contributed by atoms with van der Waals surface area (Å²) in [5.41, 5.74) is 1.12. The summed E-state index contributed by atoms with van der Waals surface area (Å²) >= 11 is 0. The van der Waals surface area contributed by atoms with Gasteiger partial charge in [0.05, 0.1) is 5.69 Å². The molecule has 0 radical (unpaired) electrons. The first-order chi connectivity index (χ1) is 7.37. The zero-order chi connectivity index (χ0) is 12.2. The van der Waals surface area contributed by atoms with Crippen LogP contribution >= 0.6 is 0 Å². The Balaban J connectivity index is 2.64. The van der Waals surface area contributed by atoms with Crippen molar-refractivity contribution in [3.05, 3.63) is 23.9 Å². The Labute approximate surface area is 98.7 Å². The summed E-state index contributed by atoms with van der Waals surface area (Å²) in [7, 11) is 0. The van der Waals surface area contributed by atoms with Gasteiger partial charge in [-0.1, -0.05) is 19.9 Å². The molecule has 2 N–H and O–H groups in total. The summed E-state index contributed by atoms with van der Waals surface area (Å²) in [4.78, 5) is 4.56. The molecule has 0 saturated carbocycles. The number of nitrogens with zero attached hydrogens (tertiary/aromatic N) is 1. The highest BCUT2D eigenvalue weighted by molar-refractivity contribution is 5.37. The third-order valence-electron chi connectivity index (χ3n) is 2.00. The number of anilines is 1. The lowest BCUT2D eigenvalue weighted by molar-refractivity contribution is 0.580. The van der Waals surface area contributed by atoms with Crippen molar-refractivity contribution in [1.82, 2.24) is 10.3 Å². The van der Waals surface area contributed by atoms with Crippen molar-refractivity contribution in [2.45, 2.75) is 52.7 Å². The van der Waals surface area contributed by atoms with Crippen LogP contribution in [-0.2, 0) is 6.54 Å². The van der Waals surface area contributed by atoms with Crippen molar-refractivity contribution >= 4 is 5.82 Å². The van der Waals surface area contributed by atoms with E-state index in [-0.39, 0.29) is 5.54 Å². The average Bonchev–Trinajstić information content (AvgIpc) is 2.12. The Kier molecular flexibility index (Phi) is 4.30. The standard InChI is InChI=1S/C13H23N3/c1-10(2)14-9-11-7-6-8-12(15-11)16-13(3,4)5/h6-8,10,14H,9H2,1-5H3,(H,15,16). The van der Waals surface area contributed by atoms with Crippen molar-refractivity contribution in [3.8, 4) is 0 Å². The average molecular weight is 221 g/mol. The molecule has 0 spiro atoms. The molecule has 16 heavy (non-hydrogen) atoms. The third kappa shape index (κ3) is 5.12. The number of hydrogen-bond donors (Lipinski definition) is 2. The molecule has 0 aliphatic carbocycles. The second-order valence-corrected chi connectivity index (χ2v) is 5.42. The molecule has 0 aromatic carbocycles. The highest BCUT2D eigenvalue weighted by Gasteiger charge is 2.10. The maximum absolute atomic E-state index is 4.56. The monoisotopic (exact) mass is 221 g/mol. The lowest BCUT2D eigenvalue weighted by Crippen LogP contribution is -2.27. The largest absolute Gasteiger partial charge is 0.365 e. The first-order valence-electron chi connectivity index (χ1n) is 5.84. The van der Waals surface area contributed by atoms with Crippen LogP contribution in [0.3, 0.4) is 0 Å². The highest BCUT2D eigenvalue weighted by atomic mass is 15.0. The Morgan fingerprint density at radius 2 is 1.94 bits per heavy atom. The fourth-order valence-corrected chi connectivity index (χ4v) is 1.34. The molecule has 1 aromatic heterocycles. The summed E-state index contributed by atoms with van der Waals surface area (Å²) in [6, 6.07) is 6.58. The number of pyridine rings is 1. The fraction of sp³-hybridized carbons (Fsp3) is 0.615. The highest BCUT2D eigenvalue weighted by Crippen LogP contribution is 2.12. The van der Waals surface area contributed by atoms with Gasteiger partial charge in [-0.3, -0.25) is 0 Å². The molecule has 1 aromatic rings. The van der Waals surface area contributed by atoms with Crippen molar-refractivity contribution < 1.29 is 0 Å². The Morgan fingerprint density at radius 1 is 1.25 bits per heavy atom. The van der Waals surface area contributed by atoms with Crippen LogP contribution in [0.5, 0.6) is 0 Å². The topological polar surface area (TPSA) is 37.0 Å². The number of hydrogen-bond acceptors (Lipinski definition) is 3. The quantitative estimate of drug-likeness (QED) is 0.821. The van der Waals surface area contributed by atoms with Crippen LogP contribution in [-0.4, -0.2) is 16.6 Å². The second kappa shape index (κ2) is 5.30. The molecule has 0 aliphatic heterocycles. The molecule has 0 atom stereocenters. The van der Waals surface area contributed by atoms with Crippen molar-refractivity contribution in [2.24, 2.45) is 0 Å². The molecule has 3 nitrogen and oxygen atoms in total. The maximum Gasteiger partial charge on any atom is 0.126 e. The van der Waals surface area contributed by atoms with Crippen molar-refractivity contribution in [1.29, 1.82) is 0 Å². The zero-order valence-electron chi connectivity index (χ0n) is 11.0. The van der Waals surface area contributed by atoms with Gasteiger partial charge >= 0.3 is 0 Å². The van der Waals surface area contributed by atoms with Crippen LogP contribution < -0.4 is 10.6 Å². The second-order valence-electron chi connectivity index (χ2n) is 5.42. The molecule has 0 aliphatic rings. The van der Waals surface area contributed by atoms with E-state index in [2.05, 4.69) is 50.2 Å². The minimum absolute atomic E-state index is 0.0527. The zero-order valence-corrected chi connectivity index (χ0v) is 11.0. The van der Waals surface area contributed by atoms with Crippen LogP contribution in [0.2, 0.25) is 0 Å². The first kappa shape index (κ1) is 13.0. The van der Waals surface area contributed by atoms with Crippen LogP contribution in [0.4, 0.5) is 5.82 Å². The minimum atomic E-state index is 0.0527. The van der Waals surface area contributed by atoms with Gasteiger partial charge in [-0.05, 0) is 32.9 Å². The van der Waals surface area contributed by atoms with E-state index >= 15 is 0 Å². The molecule has 0 saturated heterocycles. The van der Waals surface area contributed by atoms with E-state index in [9.17, 15) is 0 Å². The summed E-state index contributed by atoms with van der Waals surface area (Å²) in [6.07, 6.45) is 0. The molecule has 1 heterocycles. The molecule has 0 unspecified atom stereocenters. The van der Waals surface area contributed by atoms with Gasteiger partial charge in [-0.2, -0.15) is 0 Å². The number of rotatable bonds is 4. The SMILES string of the molecule is CC(C)NCc1cccc(NC(C)(C)C)n1. The van der Waals surface area contributed by atoms with Crippen LogP contribution in [0, 0.1) is 0 Å². The smallest absolute Gasteiger partial charge is 0.126 e. The molecule has 3 heteroatoms. The molecule has 0 fully saturated rings. The Hall–Kier alpha value is -1.09. The van der Waals surface area contributed by atoms with Gasteiger partial charge < -0.3 is 10.6 Å². The van der Waals surface area contributed by atoms with Crippen molar-refractivity contribution in [2.75, 3.05) is 5.32 Å². The Morgan fingerprint density at radius 3 is 2.50 bits per heavy atom. The minimum Gasteiger partial charge on any atom is -0.365 e.